The SMILES string of the molecule is CCC(C)(N)C(=O)Nc1cccc(C(N)=O)c1. The van der Waals surface area contributed by atoms with E-state index >= 15 is 0 Å². The quantitative estimate of drug-likeness (QED) is 0.721. The third-order valence-electron chi connectivity index (χ3n) is 2.66. The molecule has 0 saturated heterocycles. The summed E-state index contributed by atoms with van der Waals surface area (Å²) in [5.74, 6) is -0.825. The van der Waals surface area contributed by atoms with Gasteiger partial charge in [-0.1, -0.05) is 13.0 Å². The first-order valence-corrected chi connectivity index (χ1v) is 5.37. The summed E-state index contributed by atoms with van der Waals surface area (Å²) in [6.07, 6.45) is 0.522. The Kier molecular flexibility index (Phi) is 3.85. The van der Waals surface area contributed by atoms with Gasteiger partial charge < -0.3 is 16.8 Å². The molecule has 0 bridgehead atoms. The van der Waals surface area contributed by atoms with Gasteiger partial charge in [-0.2, -0.15) is 0 Å². The number of nitrogens with one attached hydrogen (secondary N) is 1. The van der Waals surface area contributed by atoms with Crippen molar-refractivity contribution in [2.75, 3.05) is 5.32 Å². The molecule has 2 amide bonds. The fourth-order valence-corrected chi connectivity index (χ4v) is 1.18. The fourth-order valence-electron chi connectivity index (χ4n) is 1.18. The van der Waals surface area contributed by atoms with E-state index in [2.05, 4.69) is 5.32 Å². The maximum atomic E-state index is 11.8. The molecule has 0 spiro atoms. The molecule has 5 heteroatoms. The third-order valence-corrected chi connectivity index (χ3v) is 2.66. The van der Waals surface area contributed by atoms with Crippen LogP contribution in [0.1, 0.15) is 30.6 Å². The predicted molar refractivity (Wildman–Crippen MR) is 66.5 cm³/mol. The topological polar surface area (TPSA) is 98.2 Å². The average Bonchev–Trinajstić information content (AvgIpc) is 2.29. The van der Waals surface area contributed by atoms with Gasteiger partial charge in [0, 0.05) is 11.3 Å². The number of carbonyl (C=O) groups excluding carboxylic acids is 2. The normalized spacial score (nSPS) is 13.8. The molecule has 1 atom stereocenters. The Labute approximate surface area is 100 Å². The zero-order valence-electron chi connectivity index (χ0n) is 9.99. The van der Waals surface area contributed by atoms with Gasteiger partial charge in [-0.25, -0.2) is 0 Å². The van der Waals surface area contributed by atoms with Crippen LogP contribution in [-0.2, 0) is 4.79 Å². The van der Waals surface area contributed by atoms with Crippen molar-refractivity contribution in [3.05, 3.63) is 29.8 Å². The van der Waals surface area contributed by atoms with Crippen molar-refractivity contribution in [1.29, 1.82) is 0 Å². The number of amides is 2. The lowest BCUT2D eigenvalue weighted by Crippen LogP contribution is -2.47. The number of rotatable bonds is 4. The highest BCUT2D eigenvalue weighted by molar-refractivity contribution is 5.99. The van der Waals surface area contributed by atoms with E-state index in [0.29, 0.717) is 17.7 Å². The van der Waals surface area contributed by atoms with Crippen LogP contribution in [0.2, 0.25) is 0 Å². The zero-order chi connectivity index (χ0) is 13.1. The second kappa shape index (κ2) is 4.97. The molecule has 5 N–H and O–H groups in total. The molecule has 92 valence electrons. The maximum Gasteiger partial charge on any atom is 0.248 e. The Bertz CT molecular complexity index is 441. The van der Waals surface area contributed by atoms with Gasteiger partial charge in [-0.15, -0.1) is 0 Å². The van der Waals surface area contributed by atoms with Crippen molar-refractivity contribution in [3.63, 3.8) is 0 Å². The van der Waals surface area contributed by atoms with E-state index in [1.54, 1.807) is 25.1 Å². The molecule has 0 aliphatic heterocycles. The maximum absolute atomic E-state index is 11.8. The molecule has 0 fully saturated rings. The highest BCUT2D eigenvalue weighted by Crippen LogP contribution is 2.13. The molecule has 0 radical (unpaired) electrons. The number of hydrogen-bond donors (Lipinski definition) is 3. The lowest BCUT2D eigenvalue weighted by Gasteiger charge is -2.21. The van der Waals surface area contributed by atoms with Crippen LogP contribution in [-0.4, -0.2) is 17.4 Å². The van der Waals surface area contributed by atoms with Crippen molar-refractivity contribution in [2.45, 2.75) is 25.8 Å². The van der Waals surface area contributed by atoms with Gasteiger partial charge in [-0.05, 0) is 31.5 Å². The van der Waals surface area contributed by atoms with E-state index in [-0.39, 0.29) is 5.91 Å². The molecular weight excluding hydrogens is 218 g/mol. The molecule has 17 heavy (non-hydrogen) atoms. The molecular formula is C12H17N3O2. The number of primary amides is 1. The molecule has 1 rings (SSSR count). The summed E-state index contributed by atoms with van der Waals surface area (Å²) in [6.45, 7) is 3.49. The first-order chi connectivity index (χ1) is 7.86. The van der Waals surface area contributed by atoms with Crippen LogP contribution >= 0.6 is 0 Å². The minimum absolute atomic E-state index is 0.290. The largest absolute Gasteiger partial charge is 0.366 e. The van der Waals surface area contributed by atoms with Crippen molar-refractivity contribution in [1.82, 2.24) is 0 Å². The first-order valence-electron chi connectivity index (χ1n) is 5.37. The summed E-state index contributed by atoms with van der Waals surface area (Å²) in [4.78, 5) is 22.8. The van der Waals surface area contributed by atoms with E-state index in [9.17, 15) is 9.59 Å². The van der Waals surface area contributed by atoms with Crippen LogP contribution in [0.3, 0.4) is 0 Å². The Morgan fingerprint density at radius 1 is 1.41 bits per heavy atom. The van der Waals surface area contributed by atoms with Gasteiger partial charge in [0.1, 0.15) is 0 Å². The summed E-state index contributed by atoms with van der Waals surface area (Å²) >= 11 is 0. The molecule has 0 heterocycles. The van der Waals surface area contributed by atoms with Gasteiger partial charge in [0.15, 0.2) is 0 Å². The van der Waals surface area contributed by atoms with Crippen LogP contribution in [0.5, 0.6) is 0 Å². The minimum atomic E-state index is -0.928. The standard InChI is InChI=1S/C12H17N3O2/c1-3-12(2,14)11(17)15-9-6-4-5-8(7-9)10(13)16/h4-7H,3,14H2,1-2H3,(H2,13,16)(H,15,17). The van der Waals surface area contributed by atoms with Crippen molar-refractivity contribution >= 4 is 17.5 Å². The van der Waals surface area contributed by atoms with Gasteiger partial charge in [0.05, 0.1) is 5.54 Å². The van der Waals surface area contributed by atoms with Crippen LogP contribution in [0.15, 0.2) is 24.3 Å². The number of carbonyl (C=O) groups is 2. The van der Waals surface area contributed by atoms with Gasteiger partial charge in [-0.3, -0.25) is 9.59 Å². The van der Waals surface area contributed by atoms with Crippen molar-refractivity contribution in [3.8, 4) is 0 Å². The fraction of sp³-hybridized carbons (Fsp3) is 0.333. The van der Waals surface area contributed by atoms with Gasteiger partial charge in [0.2, 0.25) is 11.8 Å². The summed E-state index contributed by atoms with van der Waals surface area (Å²) in [5, 5.41) is 2.66. The van der Waals surface area contributed by atoms with Crippen molar-refractivity contribution < 1.29 is 9.59 Å². The Morgan fingerprint density at radius 2 is 2.06 bits per heavy atom. The molecule has 5 nitrogen and oxygen atoms in total. The zero-order valence-corrected chi connectivity index (χ0v) is 9.99. The van der Waals surface area contributed by atoms with E-state index in [0.717, 1.165) is 0 Å². The molecule has 0 aromatic heterocycles. The van der Waals surface area contributed by atoms with E-state index in [1.807, 2.05) is 6.92 Å². The summed E-state index contributed by atoms with van der Waals surface area (Å²) in [7, 11) is 0. The van der Waals surface area contributed by atoms with Crippen LogP contribution < -0.4 is 16.8 Å². The summed E-state index contributed by atoms with van der Waals surface area (Å²) in [6, 6.07) is 6.43. The molecule has 1 aromatic carbocycles. The van der Waals surface area contributed by atoms with E-state index in [4.69, 9.17) is 11.5 Å². The number of hydrogen-bond acceptors (Lipinski definition) is 3. The summed E-state index contributed by atoms with van der Waals surface area (Å²) in [5.41, 5.74) is 10.9. The molecule has 1 unspecified atom stereocenters. The lowest BCUT2D eigenvalue weighted by molar-refractivity contribution is -0.120. The highest BCUT2D eigenvalue weighted by Gasteiger charge is 2.25. The summed E-state index contributed by atoms with van der Waals surface area (Å²) < 4.78 is 0. The second-order valence-electron chi connectivity index (χ2n) is 4.17. The first kappa shape index (κ1) is 13.2. The second-order valence-corrected chi connectivity index (χ2v) is 4.17. The van der Waals surface area contributed by atoms with Crippen LogP contribution in [0.25, 0.3) is 0 Å². The minimum Gasteiger partial charge on any atom is -0.366 e. The predicted octanol–water partition coefficient (Wildman–Crippen LogP) is 0.851. The molecule has 1 aromatic rings. The lowest BCUT2D eigenvalue weighted by atomic mass is 9.99. The van der Waals surface area contributed by atoms with Crippen molar-refractivity contribution in [2.24, 2.45) is 11.5 Å². The van der Waals surface area contributed by atoms with E-state index in [1.165, 1.54) is 6.07 Å². The number of benzene rings is 1. The Hall–Kier alpha value is -1.88. The van der Waals surface area contributed by atoms with Crippen LogP contribution in [0.4, 0.5) is 5.69 Å². The number of anilines is 1. The third kappa shape index (κ3) is 3.29. The van der Waals surface area contributed by atoms with Crippen LogP contribution in [0, 0.1) is 0 Å². The highest BCUT2D eigenvalue weighted by atomic mass is 16.2. The Balaban J connectivity index is 2.86. The Morgan fingerprint density at radius 3 is 2.59 bits per heavy atom. The monoisotopic (exact) mass is 235 g/mol. The molecule has 0 saturated carbocycles. The molecule has 0 aliphatic carbocycles. The average molecular weight is 235 g/mol. The smallest absolute Gasteiger partial charge is 0.248 e. The molecule has 0 aliphatic rings. The van der Waals surface area contributed by atoms with Gasteiger partial charge in [0.25, 0.3) is 0 Å². The van der Waals surface area contributed by atoms with E-state index < -0.39 is 11.4 Å². The number of nitrogens with two attached hydrogens (primary N) is 2. The van der Waals surface area contributed by atoms with Gasteiger partial charge >= 0.3 is 0 Å².